The van der Waals surface area contributed by atoms with Crippen molar-refractivity contribution in [3.8, 4) is 0 Å². The Kier molecular flexibility index (Phi) is 8.94. The predicted octanol–water partition coefficient (Wildman–Crippen LogP) is 1.07. The van der Waals surface area contributed by atoms with Crippen molar-refractivity contribution in [3.63, 3.8) is 0 Å². The highest BCUT2D eigenvalue weighted by Crippen LogP contribution is 2.65. The van der Waals surface area contributed by atoms with E-state index in [4.69, 9.17) is 23.2 Å². The van der Waals surface area contributed by atoms with E-state index in [0.717, 1.165) is 0 Å². The molecule has 3 fully saturated rings. The molecule has 2 saturated heterocycles. The Hall–Kier alpha value is -2.21. The molecule has 0 aromatic heterocycles. The molecule has 1 saturated carbocycles. The normalized spacial score (nSPS) is 28.9. The summed E-state index contributed by atoms with van der Waals surface area (Å²) in [5.74, 6) is -5.43. The highest BCUT2D eigenvalue weighted by Gasteiger charge is 2.69. The Morgan fingerprint density at radius 2 is 1.86 bits per heavy atom. The largest absolute Gasteiger partial charge is 0.356 e. The SMILES string of the molecule is CC[C@H](C)[C@H](NC(=O)[C@H](F)Cl)C(=O)N1C[C@H]2[C@@H]([C@H]1C(=O)NN(C[C@@H]1CCNC1=O)C(=O)[C@H](F)Cl)C2(C)C. The number of hydrogen-bond acceptors (Lipinski definition) is 5. The van der Waals surface area contributed by atoms with Crippen LogP contribution in [0.4, 0.5) is 8.78 Å². The number of carbonyl (C=O) groups excluding carboxylic acids is 5. The fourth-order valence-electron chi connectivity index (χ4n) is 5.44. The van der Waals surface area contributed by atoms with Crippen LogP contribution in [-0.4, -0.2) is 82.4 Å². The molecule has 37 heavy (non-hydrogen) atoms. The molecule has 0 aromatic carbocycles. The van der Waals surface area contributed by atoms with Gasteiger partial charge in [-0.15, -0.1) is 0 Å². The summed E-state index contributed by atoms with van der Waals surface area (Å²) in [4.78, 5) is 64.9. The second kappa shape index (κ2) is 11.3. The topological polar surface area (TPSA) is 128 Å². The van der Waals surface area contributed by atoms with Gasteiger partial charge in [-0.25, -0.2) is 13.8 Å². The van der Waals surface area contributed by atoms with Gasteiger partial charge in [0.25, 0.3) is 29.0 Å². The first kappa shape index (κ1) is 29.3. The van der Waals surface area contributed by atoms with Crippen LogP contribution in [0.3, 0.4) is 0 Å². The van der Waals surface area contributed by atoms with Gasteiger partial charge in [0.2, 0.25) is 11.8 Å². The number of halogens is 4. The average Bonchev–Trinajstić information content (AvgIpc) is 3.19. The molecule has 10 nitrogen and oxygen atoms in total. The summed E-state index contributed by atoms with van der Waals surface area (Å²) in [6.07, 6.45) is 0.855. The van der Waals surface area contributed by atoms with Crippen LogP contribution in [0, 0.1) is 29.1 Å². The van der Waals surface area contributed by atoms with E-state index in [1.807, 2.05) is 13.8 Å². The molecule has 1 aliphatic carbocycles. The van der Waals surface area contributed by atoms with Gasteiger partial charge in [0.1, 0.15) is 12.1 Å². The van der Waals surface area contributed by atoms with Crippen LogP contribution in [0.15, 0.2) is 0 Å². The van der Waals surface area contributed by atoms with Gasteiger partial charge in [0.05, 0.1) is 12.5 Å². The van der Waals surface area contributed by atoms with Crippen LogP contribution in [0.25, 0.3) is 0 Å². The number of alkyl halides is 4. The van der Waals surface area contributed by atoms with Crippen molar-refractivity contribution in [3.05, 3.63) is 0 Å². The zero-order valence-corrected chi connectivity index (χ0v) is 22.6. The smallest absolute Gasteiger partial charge is 0.291 e. The summed E-state index contributed by atoms with van der Waals surface area (Å²) in [5, 5.41) is 5.64. The molecule has 8 atom stereocenters. The lowest BCUT2D eigenvalue weighted by Gasteiger charge is -2.36. The highest BCUT2D eigenvalue weighted by molar-refractivity contribution is 6.30. The molecular formula is C23H33Cl2F2N5O5. The molecule has 0 aromatic rings. The maximum absolute atomic E-state index is 13.8. The van der Waals surface area contributed by atoms with Crippen LogP contribution in [0.2, 0.25) is 0 Å². The number of amides is 5. The van der Waals surface area contributed by atoms with Gasteiger partial charge < -0.3 is 15.5 Å². The first-order chi connectivity index (χ1) is 17.2. The lowest BCUT2D eigenvalue weighted by Crippen LogP contribution is -2.60. The maximum Gasteiger partial charge on any atom is 0.291 e. The quantitative estimate of drug-likeness (QED) is 0.283. The summed E-state index contributed by atoms with van der Waals surface area (Å²) in [7, 11) is 0. The van der Waals surface area contributed by atoms with E-state index >= 15 is 0 Å². The minimum absolute atomic E-state index is 0.0332. The third-order valence-corrected chi connectivity index (χ3v) is 8.38. The lowest BCUT2D eigenvalue weighted by molar-refractivity contribution is -0.150. The second-order valence-corrected chi connectivity index (χ2v) is 11.3. The number of carbonyl (C=O) groups is 5. The Balaban J connectivity index is 1.85. The number of rotatable bonds is 9. The molecule has 5 amide bonds. The Morgan fingerprint density at radius 1 is 1.22 bits per heavy atom. The molecule has 0 bridgehead atoms. The zero-order chi connectivity index (χ0) is 27.8. The molecular weight excluding hydrogens is 535 g/mol. The van der Waals surface area contributed by atoms with Gasteiger partial charge in [-0.1, -0.05) is 57.3 Å². The van der Waals surface area contributed by atoms with Gasteiger partial charge in [0, 0.05) is 13.1 Å². The van der Waals surface area contributed by atoms with E-state index in [2.05, 4.69) is 16.1 Å². The summed E-state index contributed by atoms with van der Waals surface area (Å²) >= 11 is 10.6. The zero-order valence-electron chi connectivity index (χ0n) is 21.1. The summed E-state index contributed by atoms with van der Waals surface area (Å²) in [6.45, 7) is 7.69. The molecule has 3 N–H and O–H groups in total. The third kappa shape index (κ3) is 5.94. The predicted molar refractivity (Wildman–Crippen MR) is 130 cm³/mol. The van der Waals surface area contributed by atoms with Crippen LogP contribution in [0.1, 0.15) is 40.5 Å². The van der Waals surface area contributed by atoms with Crippen LogP contribution >= 0.6 is 23.2 Å². The monoisotopic (exact) mass is 567 g/mol. The van der Waals surface area contributed by atoms with Crippen molar-refractivity contribution in [2.75, 3.05) is 19.6 Å². The van der Waals surface area contributed by atoms with E-state index in [-0.39, 0.29) is 36.2 Å². The minimum atomic E-state index is -2.45. The van der Waals surface area contributed by atoms with Gasteiger partial charge in [-0.05, 0) is 29.6 Å². The van der Waals surface area contributed by atoms with Crippen LogP contribution in [-0.2, 0) is 24.0 Å². The molecule has 2 heterocycles. The number of piperidine rings is 1. The fraction of sp³-hybridized carbons (Fsp3) is 0.783. The first-order valence-corrected chi connectivity index (χ1v) is 13.2. The number of likely N-dealkylation sites (tertiary alicyclic amines) is 1. The van der Waals surface area contributed by atoms with Crippen molar-refractivity contribution in [1.29, 1.82) is 0 Å². The first-order valence-electron chi connectivity index (χ1n) is 12.3. The van der Waals surface area contributed by atoms with Crippen molar-refractivity contribution in [2.45, 2.75) is 63.9 Å². The number of fused-ring (bicyclic) bond motifs is 1. The van der Waals surface area contributed by atoms with Gasteiger partial charge >= 0.3 is 0 Å². The third-order valence-electron chi connectivity index (χ3n) is 8.00. The molecule has 208 valence electrons. The van der Waals surface area contributed by atoms with Gasteiger partial charge in [-0.3, -0.25) is 29.4 Å². The van der Waals surface area contributed by atoms with E-state index in [9.17, 15) is 32.8 Å². The Bertz CT molecular complexity index is 952. The summed E-state index contributed by atoms with van der Waals surface area (Å²) in [5.41, 5.74) is -2.70. The number of hydrogen-bond donors (Lipinski definition) is 3. The molecule has 2 aliphatic heterocycles. The fourth-order valence-corrected chi connectivity index (χ4v) is 5.62. The lowest BCUT2D eigenvalue weighted by atomic mass is 9.95. The minimum Gasteiger partial charge on any atom is -0.356 e. The standard InChI is InChI=1S/C23H33Cl2F2N5O5/c1-5-10(2)14(29-20(35)16(24)26)21(36)31-9-12-13(23(12,3)4)15(31)19(34)30-32(22(37)17(25)27)8-11-6-7-28-18(11)33/h10-17H,5-9H2,1-4H3,(H,28,33)(H,29,35)(H,30,34)/t10-,11-,12-,13-,14-,15-,16-,17-/m0/s1. The Morgan fingerprint density at radius 3 is 2.38 bits per heavy atom. The number of nitrogens with one attached hydrogen (secondary N) is 3. The molecule has 0 unspecified atom stereocenters. The van der Waals surface area contributed by atoms with E-state index in [1.165, 1.54) is 4.90 Å². The van der Waals surface area contributed by atoms with Crippen LogP contribution < -0.4 is 16.1 Å². The molecule has 3 aliphatic rings. The summed E-state index contributed by atoms with van der Waals surface area (Å²) < 4.78 is 27.1. The van der Waals surface area contributed by atoms with Crippen LogP contribution in [0.5, 0.6) is 0 Å². The maximum atomic E-state index is 13.8. The molecule has 3 rings (SSSR count). The number of hydrazine groups is 1. The van der Waals surface area contributed by atoms with E-state index in [0.29, 0.717) is 24.4 Å². The number of nitrogens with zero attached hydrogens (tertiary/aromatic N) is 2. The Labute approximate surface area is 224 Å². The summed E-state index contributed by atoms with van der Waals surface area (Å²) in [6, 6.07) is -2.18. The molecule has 0 spiro atoms. The van der Waals surface area contributed by atoms with E-state index < -0.39 is 58.8 Å². The van der Waals surface area contributed by atoms with Crippen molar-refractivity contribution >= 4 is 52.7 Å². The molecule has 14 heteroatoms. The van der Waals surface area contributed by atoms with Crippen molar-refractivity contribution < 1.29 is 32.8 Å². The van der Waals surface area contributed by atoms with Gasteiger partial charge in [-0.2, -0.15) is 0 Å². The highest BCUT2D eigenvalue weighted by atomic mass is 35.5. The second-order valence-electron chi connectivity index (χ2n) is 10.6. The van der Waals surface area contributed by atoms with E-state index in [1.54, 1.807) is 13.8 Å². The van der Waals surface area contributed by atoms with Crippen molar-refractivity contribution in [2.24, 2.45) is 29.1 Å². The van der Waals surface area contributed by atoms with Crippen molar-refractivity contribution in [1.82, 2.24) is 26.0 Å². The van der Waals surface area contributed by atoms with Gasteiger partial charge in [0.15, 0.2) is 0 Å². The average molecular weight is 568 g/mol. The molecule has 0 radical (unpaired) electrons.